The zero-order chi connectivity index (χ0) is 30.0. The van der Waals surface area contributed by atoms with Crippen molar-refractivity contribution in [2.24, 2.45) is 0 Å². The Balaban J connectivity index is 1.76. The van der Waals surface area contributed by atoms with E-state index in [-0.39, 0.29) is 11.9 Å². The molecule has 0 bridgehead atoms. The second kappa shape index (κ2) is 15.5. The maximum Gasteiger partial charge on any atom is 0.188 e. The molecule has 4 aromatic carbocycles. The van der Waals surface area contributed by atoms with Gasteiger partial charge in [-0.05, 0) is 66.7 Å². The number of methoxy groups -OCH3 is 1. The summed E-state index contributed by atoms with van der Waals surface area (Å²) in [5.74, 6) is 0.996. The summed E-state index contributed by atoms with van der Waals surface area (Å²) in [6.07, 6.45) is 3.28. The molecule has 42 heavy (non-hydrogen) atoms. The quantitative estimate of drug-likeness (QED) is 0.103. The number of aryl methyl sites for hydroxylation is 3. The molecule has 2 unspecified atom stereocenters. The third kappa shape index (κ3) is 8.10. The van der Waals surface area contributed by atoms with Gasteiger partial charge in [0.05, 0.1) is 0 Å². The van der Waals surface area contributed by atoms with Crippen LogP contribution in [0.4, 0.5) is 0 Å². The van der Waals surface area contributed by atoms with Crippen molar-refractivity contribution in [2.75, 3.05) is 13.9 Å². The molecule has 0 aliphatic rings. The van der Waals surface area contributed by atoms with E-state index in [0.29, 0.717) is 8.58 Å². The molecule has 0 aromatic heterocycles. The van der Waals surface area contributed by atoms with Crippen LogP contribution < -0.4 is 10.0 Å². The number of nitrogens with zero attached hydrogens (tertiary/aromatic N) is 1. The summed E-state index contributed by atoms with van der Waals surface area (Å²) in [6.45, 7) is 14.3. The van der Waals surface area contributed by atoms with Gasteiger partial charge in [0.15, 0.2) is 6.79 Å². The first-order chi connectivity index (χ1) is 20.4. The van der Waals surface area contributed by atoms with E-state index in [1.54, 1.807) is 7.11 Å². The van der Waals surface area contributed by atoms with Crippen LogP contribution in [0, 0.1) is 20.8 Å². The SMILES string of the molecule is CCCC(CC)(Pc1c(C)cccc1CN(Cc1ccccc1)Cc1ccccc1)c1cc(C)cc(C)c1OCOC. The second-order valence-corrected chi connectivity index (χ2v) is 13.3. The van der Waals surface area contributed by atoms with Crippen molar-refractivity contribution < 1.29 is 9.47 Å². The Morgan fingerprint density at radius 1 is 0.738 bits per heavy atom. The van der Waals surface area contributed by atoms with Crippen molar-refractivity contribution in [3.63, 3.8) is 0 Å². The third-order valence-corrected chi connectivity index (χ3v) is 10.5. The predicted molar refractivity (Wildman–Crippen MR) is 180 cm³/mol. The fourth-order valence-corrected chi connectivity index (χ4v) is 8.09. The van der Waals surface area contributed by atoms with Crippen molar-refractivity contribution in [3.8, 4) is 5.75 Å². The number of benzene rings is 4. The van der Waals surface area contributed by atoms with Crippen LogP contribution in [0.3, 0.4) is 0 Å². The molecular weight excluding hydrogens is 533 g/mol. The van der Waals surface area contributed by atoms with Crippen LogP contribution >= 0.6 is 8.58 Å². The summed E-state index contributed by atoms with van der Waals surface area (Å²) in [6, 6.07) is 33.2. The fraction of sp³-hybridized carbons (Fsp3) is 0.368. The molecule has 0 amide bonds. The highest BCUT2D eigenvalue weighted by molar-refractivity contribution is 7.48. The smallest absolute Gasteiger partial charge is 0.188 e. The number of hydrogen-bond acceptors (Lipinski definition) is 3. The summed E-state index contributed by atoms with van der Waals surface area (Å²) in [7, 11) is 2.32. The van der Waals surface area contributed by atoms with Crippen LogP contribution in [0.25, 0.3) is 0 Å². The monoisotopic (exact) mass is 581 g/mol. The Hall–Kier alpha value is -2.97. The van der Waals surface area contributed by atoms with Crippen LogP contribution in [0.5, 0.6) is 5.75 Å². The zero-order valence-electron chi connectivity index (χ0n) is 26.4. The van der Waals surface area contributed by atoms with Gasteiger partial charge >= 0.3 is 0 Å². The van der Waals surface area contributed by atoms with Gasteiger partial charge in [0.25, 0.3) is 0 Å². The van der Waals surface area contributed by atoms with Crippen LogP contribution in [-0.2, 0) is 29.5 Å². The molecule has 0 aliphatic carbocycles. The van der Waals surface area contributed by atoms with E-state index < -0.39 is 0 Å². The summed E-state index contributed by atoms with van der Waals surface area (Å²) >= 11 is 0. The summed E-state index contributed by atoms with van der Waals surface area (Å²) in [5.41, 5.74) is 9.29. The van der Waals surface area contributed by atoms with Crippen LogP contribution in [0.15, 0.2) is 91.0 Å². The molecule has 3 nitrogen and oxygen atoms in total. The molecule has 0 radical (unpaired) electrons. The van der Waals surface area contributed by atoms with Crippen molar-refractivity contribution >= 4 is 13.9 Å². The number of rotatable bonds is 15. The van der Waals surface area contributed by atoms with Gasteiger partial charge in [-0.2, -0.15) is 0 Å². The Morgan fingerprint density at radius 3 is 1.95 bits per heavy atom. The highest BCUT2D eigenvalue weighted by atomic mass is 31.1. The molecule has 0 N–H and O–H groups in total. The molecule has 4 aromatic rings. The maximum absolute atomic E-state index is 6.30. The Kier molecular flexibility index (Phi) is 11.8. The zero-order valence-corrected chi connectivity index (χ0v) is 27.4. The summed E-state index contributed by atoms with van der Waals surface area (Å²) < 4.78 is 11.7. The van der Waals surface area contributed by atoms with Gasteiger partial charge in [0.1, 0.15) is 5.75 Å². The lowest BCUT2D eigenvalue weighted by Gasteiger charge is -2.37. The van der Waals surface area contributed by atoms with Gasteiger partial charge in [0.2, 0.25) is 0 Å². The van der Waals surface area contributed by atoms with Crippen LogP contribution in [0.1, 0.15) is 72.1 Å². The molecule has 222 valence electrons. The van der Waals surface area contributed by atoms with E-state index in [0.717, 1.165) is 44.6 Å². The van der Waals surface area contributed by atoms with E-state index in [2.05, 4.69) is 131 Å². The normalized spacial score (nSPS) is 13.1. The fourth-order valence-electron chi connectivity index (χ4n) is 6.14. The van der Waals surface area contributed by atoms with Gasteiger partial charge in [0, 0.05) is 37.5 Å². The first-order valence-corrected chi connectivity index (χ1v) is 16.3. The minimum atomic E-state index is -0.0147. The molecule has 0 fully saturated rings. The number of hydrogen-bond donors (Lipinski definition) is 0. The van der Waals surface area contributed by atoms with Crippen molar-refractivity contribution in [3.05, 3.63) is 130 Å². The van der Waals surface area contributed by atoms with Crippen molar-refractivity contribution in [1.82, 2.24) is 4.90 Å². The largest absolute Gasteiger partial charge is 0.467 e. The lowest BCUT2D eigenvalue weighted by Crippen LogP contribution is -2.29. The molecule has 0 saturated carbocycles. The van der Waals surface area contributed by atoms with E-state index in [1.807, 2.05) is 0 Å². The lowest BCUT2D eigenvalue weighted by molar-refractivity contribution is 0.0494. The van der Waals surface area contributed by atoms with E-state index in [4.69, 9.17) is 9.47 Å². The minimum Gasteiger partial charge on any atom is -0.467 e. The summed E-state index contributed by atoms with van der Waals surface area (Å²) in [4.78, 5) is 2.59. The molecule has 4 rings (SSSR count). The summed E-state index contributed by atoms with van der Waals surface area (Å²) in [5, 5.41) is 1.48. The first-order valence-electron chi connectivity index (χ1n) is 15.3. The Labute approximate surface area is 256 Å². The van der Waals surface area contributed by atoms with Crippen molar-refractivity contribution in [1.29, 1.82) is 0 Å². The van der Waals surface area contributed by atoms with Gasteiger partial charge in [-0.3, -0.25) is 4.90 Å². The molecule has 2 atom stereocenters. The highest BCUT2D eigenvalue weighted by Gasteiger charge is 2.35. The molecule has 0 heterocycles. The van der Waals surface area contributed by atoms with Crippen LogP contribution in [0.2, 0.25) is 0 Å². The average Bonchev–Trinajstić information content (AvgIpc) is 2.99. The van der Waals surface area contributed by atoms with Gasteiger partial charge < -0.3 is 9.47 Å². The van der Waals surface area contributed by atoms with E-state index in [1.165, 1.54) is 44.2 Å². The maximum atomic E-state index is 6.30. The second-order valence-electron chi connectivity index (χ2n) is 11.5. The van der Waals surface area contributed by atoms with E-state index in [9.17, 15) is 0 Å². The minimum absolute atomic E-state index is 0.0147. The van der Waals surface area contributed by atoms with Crippen molar-refractivity contribution in [2.45, 2.75) is 78.7 Å². The highest BCUT2D eigenvalue weighted by Crippen LogP contribution is 2.52. The third-order valence-electron chi connectivity index (χ3n) is 8.15. The molecular formula is C38H48NO2P. The molecule has 0 aliphatic heterocycles. The Morgan fingerprint density at radius 2 is 1.38 bits per heavy atom. The van der Waals surface area contributed by atoms with E-state index >= 15 is 0 Å². The van der Waals surface area contributed by atoms with Gasteiger partial charge in [-0.25, -0.2) is 0 Å². The average molecular weight is 582 g/mol. The molecule has 0 spiro atoms. The molecule has 0 saturated heterocycles. The number of ether oxygens (including phenoxy) is 2. The topological polar surface area (TPSA) is 21.7 Å². The molecule has 4 heteroatoms. The first kappa shape index (κ1) is 32.0. The van der Waals surface area contributed by atoms with Crippen LogP contribution in [-0.4, -0.2) is 18.8 Å². The van der Waals surface area contributed by atoms with Gasteiger partial charge in [-0.15, -0.1) is 0 Å². The lowest BCUT2D eigenvalue weighted by atomic mass is 9.87. The Bertz CT molecular complexity index is 1360. The van der Waals surface area contributed by atoms with Gasteiger partial charge in [-0.1, -0.05) is 125 Å². The standard InChI is InChI=1S/C38H48NO2P/c1-7-22-38(8-2,35-24-29(3)23-31(5)36(35)41-28-40-6)42-37-30(4)16-15-21-34(37)27-39(25-32-17-11-9-12-18-32)26-33-19-13-10-14-20-33/h9-21,23-24,42H,7-8,22,25-28H2,1-6H3. The predicted octanol–water partition coefficient (Wildman–Crippen LogP) is 9.21.